The van der Waals surface area contributed by atoms with Crippen LogP contribution in [0.25, 0.3) is 0 Å². The van der Waals surface area contributed by atoms with Crippen LogP contribution >= 0.6 is 0 Å². The number of rotatable bonds is 1. The molecule has 66 valence electrons. The molecule has 0 amide bonds. The van der Waals surface area contributed by atoms with Gasteiger partial charge in [0.05, 0.1) is 0 Å². The molecule has 0 aliphatic heterocycles. The van der Waals surface area contributed by atoms with Crippen LogP contribution in [0, 0.1) is 0 Å². The average molecular weight is 170 g/mol. The van der Waals surface area contributed by atoms with E-state index < -0.39 is 17.7 Å². The van der Waals surface area contributed by atoms with Gasteiger partial charge in [0.2, 0.25) is 5.60 Å². The summed E-state index contributed by atoms with van der Waals surface area (Å²) in [6.45, 7) is 1.71. The van der Waals surface area contributed by atoms with Gasteiger partial charge in [-0.2, -0.15) is 0 Å². The second-order valence-corrected chi connectivity index (χ2v) is 2.82. The highest BCUT2D eigenvalue weighted by Crippen LogP contribution is 2.21. The molecule has 0 heterocycles. The zero-order valence-corrected chi connectivity index (χ0v) is 6.56. The Labute approximate surface area is 69.5 Å². The van der Waals surface area contributed by atoms with Crippen molar-refractivity contribution in [3.05, 3.63) is 23.8 Å². The van der Waals surface area contributed by atoms with Crippen LogP contribution < -0.4 is 0 Å². The molecule has 0 unspecified atom stereocenters. The zero-order valence-electron chi connectivity index (χ0n) is 6.56. The topological polar surface area (TPSA) is 77.8 Å². The molecule has 4 nitrogen and oxygen atoms in total. The predicted octanol–water partition coefficient (Wildman–Crippen LogP) is -0.321. The van der Waals surface area contributed by atoms with Gasteiger partial charge >= 0.3 is 5.97 Å². The van der Waals surface area contributed by atoms with Crippen LogP contribution in [0.3, 0.4) is 0 Å². The summed E-state index contributed by atoms with van der Waals surface area (Å²) in [6.07, 6.45) is 2.46. The molecule has 1 rings (SSSR count). The summed E-state index contributed by atoms with van der Waals surface area (Å²) in [7, 11) is 0. The van der Waals surface area contributed by atoms with Gasteiger partial charge in [-0.25, -0.2) is 4.79 Å². The van der Waals surface area contributed by atoms with Crippen LogP contribution in [-0.2, 0) is 4.79 Å². The Hall–Kier alpha value is -1.13. The normalized spacial score (nSPS) is 34.6. The summed E-state index contributed by atoms with van der Waals surface area (Å²) in [5.41, 5.74) is -1.44. The van der Waals surface area contributed by atoms with E-state index in [1.165, 1.54) is 12.2 Å². The molecule has 0 bridgehead atoms. The minimum absolute atomic E-state index is 0.730. The van der Waals surface area contributed by atoms with Gasteiger partial charge in [-0.3, -0.25) is 0 Å². The van der Waals surface area contributed by atoms with Gasteiger partial charge in [-0.1, -0.05) is 11.6 Å². The van der Waals surface area contributed by atoms with Crippen LogP contribution in [-0.4, -0.2) is 33.0 Å². The summed E-state index contributed by atoms with van der Waals surface area (Å²) < 4.78 is 0. The van der Waals surface area contributed by atoms with Crippen molar-refractivity contribution >= 4 is 5.97 Å². The van der Waals surface area contributed by atoms with Gasteiger partial charge in [0.1, 0.15) is 6.10 Å². The summed E-state index contributed by atoms with van der Waals surface area (Å²) in [5.74, 6) is -1.45. The van der Waals surface area contributed by atoms with E-state index in [1.807, 2.05) is 0 Å². The lowest BCUT2D eigenvalue weighted by molar-refractivity contribution is -0.160. The van der Waals surface area contributed by atoms with Crippen LogP contribution in [0.15, 0.2) is 23.8 Å². The summed E-state index contributed by atoms with van der Waals surface area (Å²) >= 11 is 0. The number of aliphatic hydroxyl groups is 2. The largest absolute Gasteiger partial charge is 0.479 e. The number of hydrogen-bond acceptors (Lipinski definition) is 3. The minimum atomic E-state index is -2.17. The van der Waals surface area contributed by atoms with E-state index >= 15 is 0 Å². The molecule has 4 heteroatoms. The number of hydrogen-bond donors (Lipinski definition) is 3. The second kappa shape index (κ2) is 2.73. The van der Waals surface area contributed by atoms with Crippen molar-refractivity contribution in [1.82, 2.24) is 0 Å². The standard InChI is InChI=1S/C8H10O4/c1-5-2-3-8(12,7(10)11)6(9)4-5/h2-4,6,9,12H,1H3,(H,10,11)/t6-,8+/m0/s1. The number of allylic oxidation sites excluding steroid dienone is 2. The maximum atomic E-state index is 10.5. The zero-order chi connectivity index (χ0) is 9.35. The van der Waals surface area contributed by atoms with Gasteiger partial charge in [0.15, 0.2) is 0 Å². The fourth-order valence-corrected chi connectivity index (χ4v) is 0.986. The Morgan fingerprint density at radius 2 is 2.25 bits per heavy atom. The van der Waals surface area contributed by atoms with Crippen LogP contribution in [0.4, 0.5) is 0 Å². The van der Waals surface area contributed by atoms with E-state index in [2.05, 4.69) is 0 Å². The first-order chi connectivity index (χ1) is 5.47. The van der Waals surface area contributed by atoms with Crippen molar-refractivity contribution in [3.8, 4) is 0 Å². The molecule has 1 aliphatic rings. The number of carboxylic acids is 1. The summed E-state index contributed by atoms with van der Waals surface area (Å²) in [4.78, 5) is 10.5. The quantitative estimate of drug-likeness (QED) is 0.504. The highest BCUT2D eigenvalue weighted by molar-refractivity contribution is 5.81. The van der Waals surface area contributed by atoms with Crippen molar-refractivity contribution < 1.29 is 20.1 Å². The molecule has 12 heavy (non-hydrogen) atoms. The van der Waals surface area contributed by atoms with E-state index in [0.29, 0.717) is 0 Å². The van der Waals surface area contributed by atoms with Crippen molar-refractivity contribution in [2.24, 2.45) is 0 Å². The van der Waals surface area contributed by atoms with Crippen molar-refractivity contribution in [2.45, 2.75) is 18.6 Å². The molecular weight excluding hydrogens is 160 g/mol. The Kier molecular flexibility index (Phi) is 2.04. The van der Waals surface area contributed by atoms with E-state index in [-0.39, 0.29) is 0 Å². The average Bonchev–Trinajstić information content (AvgIpc) is 1.97. The first-order valence-electron chi connectivity index (χ1n) is 3.48. The highest BCUT2D eigenvalue weighted by Gasteiger charge is 2.41. The van der Waals surface area contributed by atoms with Crippen molar-refractivity contribution in [1.29, 1.82) is 0 Å². The van der Waals surface area contributed by atoms with Gasteiger partial charge in [-0.05, 0) is 19.1 Å². The van der Waals surface area contributed by atoms with E-state index in [4.69, 9.17) is 5.11 Å². The lowest BCUT2D eigenvalue weighted by Crippen LogP contribution is -2.48. The van der Waals surface area contributed by atoms with Gasteiger partial charge in [0, 0.05) is 0 Å². The molecule has 0 fully saturated rings. The highest BCUT2D eigenvalue weighted by atomic mass is 16.4. The van der Waals surface area contributed by atoms with Crippen molar-refractivity contribution in [2.75, 3.05) is 0 Å². The molecule has 0 saturated heterocycles. The van der Waals surface area contributed by atoms with Crippen LogP contribution in [0.1, 0.15) is 6.92 Å². The third-order valence-electron chi connectivity index (χ3n) is 1.81. The van der Waals surface area contributed by atoms with Crippen LogP contribution in [0.2, 0.25) is 0 Å². The molecule has 3 N–H and O–H groups in total. The molecular formula is C8H10O4. The third-order valence-corrected chi connectivity index (χ3v) is 1.81. The minimum Gasteiger partial charge on any atom is -0.479 e. The lowest BCUT2D eigenvalue weighted by Gasteiger charge is -2.26. The fraction of sp³-hybridized carbons (Fsp3) is 0.375. The molecule has 0 saturated carbocycles. The fourth-order valence-electron chi connectivity index (χ4n) is 0.986. The molecule has 0 aromatic carbocycles. The third kappa shape index (κ3) is 1.26. The summed E-state index contributed by atoms with van der Waals surface area (Å²) in [6, 6.07) is 0. The monoisotopic (exact) mass is 170 g/mol. The van der Waals surface area contributed by atoms with E-state index in [0.717, 1.165) is 11.6 Å². The first-order valence-corrected chi connectivity index (χ1v) is 3.48. The second-order valence-electron chi connectivity index (χ2n) is 2.82. The molecule has 2 atom stereocenters. The number of aliphatic carboxylic acids is 1. The Bertz CT molecular complexity index is 266. The predicted molar refractivity (Wildman–Crippen MR) is 41.5 cm³/mol. The van der Waals surface area contributed by atoms with Crippen molar-refractivity contribution in [3.63, 3.8) is 0 Å². The Morgan fingerprint density at radius 1 is 1.67 bits per heavy atom. The Balaban J connectivity index is 2.99. The molecule has 0 aromatic heterocycles. The molecule has 1 aliphatic carbocycles. The summed E-state index contributed by atoms with van der Waals surface area (Å²) in [5, 5.41) is 27.1. The van der Waals surface area contributed by atoms with Gasteiger partial charge in [0.25, 0.3) is 0 Å². The molecule has 0 aromatic rings. The number of carboxylic acid groups (broad SMARTS) is 1. The van der Waals surface area contributed by atoms with Gasteiger partial charge < -0.3 is 15.3 Å². The maximum Gasteiger partial charge on any atom is 0.342 e. The van der Waals surface area contributed by atoms with Crippen LogP contribution in [0.5, 0.6) is 0 Å². The van der Waals surface area contributed by atoms with E-state index in [9.17, 15) is 15.0 Å². The lowest BCUT2D eigenvalue weighted by atomic mass is 9.90. The Morgan fingerprint density at radius 3 is 2.67 bits per heavy atom. The van der Waals surface area contributed by atoms with Gasteiger partial charge in [-0.15, -0.1) is 0 Å². The maximum absolute atomic E-state index is 10.5. The first kappa shape index (κ1) is 8.96. The number of carbonyl (C=O) groups is 1. The molecule has 0 spiro atoms. The SMILES string of the molecule is CC1=C[C@H](O)[C@@](O)(C(=O)O)C=C1. The van der Waals surface area contributed by atoms with E-state index in [1.54, 1.807) is 6.92 Å². The molecule has 0 radical (unpaired) electrons. The smallest absolute Gasteiger partial charge is 0.342 e. The number of aliphatic hydroxyl groups excluding tert-OH is 1.